The van der Waals surface area contributed by atoms with Gasteiger partial charge in [0, 0.05) is 18.5 Å². The van der Waals surface area contributed by atoms with Crippen LogP contribution in [0.1, 0.15) is 15.9 Å². The van der Waals surface area contributed by atoms with Crippen LogP contribution in [0.15, 0.2) is 24.3 Å². The van der Waals surface area contributed by atoms with Crippen LogP contribution in [0.25, 0.3) is 0 Å². The Hall–Kier alpha value is -1.39. The number of benzene rings is 1. The Morgan fingerprint density at radius 3 is 2.69 bits per heavy atom. The number of nitrogens with one attached hydrogen (secondary N) is 1. The number of carbonyl (C=O) groups is 1. The molecule has 1 atom stereocenters. The summed E-state index contributed by atoms with van der Waals surface area (Å²) in [5.41, 5.74) is 1.80. The molecule has 1 saturated heterocycles. The van der Waals surface area contributed by atoms with E-state index in [0.717, 1.165) is 13.0 Å². The van der Waals surface area contributed by atoms with E-state index in [2.05, 4.69) is 5.32 Å². The maximum absolute atomic E-state index is 11.5. The van der Waals surface area contributed by atoms with Gasteiger partial charge in [-0.1, -0.05) is 12.1 Å². The molecule has 0 radical (unpaired) electrons. The summed E-state index contributed by atoms with van der Waals surface area (Å²) in [7, 11) is 0. The molecule has 1 amide bonds. The van der Waals surface area contributed by atoms with E-state index >= 15 is 0 Å². The third-order valence-electron chi connectivity index (χ3n) is 2.48. The van der Waals surface area contributed by atoms with Crippen LogP contribution in [0.2, 0.25) is 0 Å². The molecule has 1 aromatic rings. The third-order valence-corrected chi connectivity index (χ3v) is 2.48. The van der Waals surface area contributed by atoms with Crippen molar-refractivity contribution in [2.75, 3.05) is 19.8 Å². The minimum Gasteiger partial charge on any atom is -0.395 e. The quantitative estimate of drug-likeness (QED) is 0.705. The molecule has 1 fully saturated rings. The van der Waals surface area contributed by atoms with E-state index in [9.17, 15) is 4.79 Å². The number of ether oxygens (including phenoxy) is 1. The minimum absolute atomic E-state index is 0.0388. The zero-order valence-electron chi connectivity index (χ0n) is 8.98. The summed E-state index contributed by atoms with van der Waals surface area (Å²) in [6.07, 6.45) is 1.28. The van der Waals surface area contributed by atoms with Crippen LogP contribution in [0.3, 0.4) is 0 Å². The lowest BCUT2D eigenvalue weighted by molar-refractivity contribution is 0.0945. The van der Waals surface area contributed by atoms with Gasteiger partial charge in [0.25, 0.3) is 5.91 Å². The normalized spacial score (nSPS) is 18.2. The fourth-order valence-corrected chi connectivity index (χ4v) is 1.51. The van der Waals surface area contributed by atoms with Crippen molar-refractivity contribution < 1.29 is 14.6 Å². The Morgan fingerprint density at radius 1 is 1.44 bits per heavy atom. The second kappa shape index (κ2) is 5.09. The lowest BCUT2D eigenvalue weighted by atomic mass is 10.1. The maximum Gasteiger partial charge on any atom is 0.251 e. The van der Waals surface area contributed by atoms with Crippen molar-refractivity contribution in [1.82, 2.24) is 5.32 Å². The van der Waals surface area contributed by atoms with Crippen LogP contribution in [0.4, 0.5) is 0 Å². The molecule has 86 valence electrons. The maximum atomic E-state index is 11.5. The molecule has 1 aliphatic heterocycles. The van der Waals surface area contributed by atoms with E-state index in [1.54, 1.807) is 12.1 Å². The fourth-order valence-electron chi connectivity index (χ4n) is 1.51. The van der Waals surface area contributed by atoms with Crippen molar-refractivity contribution in [3.63, 3.8) is 0 Å². The highest BCUT2D eigenvalue weighted by molar-refractivity contribution is 5.94. The van der Waals surface area contributed by atoms with Crippen LogP contribution in [0.5, 0.6) is 0 Å². The molecule has 1 aromatic carbocycles. The smallest absolute Gasteiger partial charge is 0.251 e. The molecule has 0 aromatic heterocycles. The third kappa shape index (κ3) is 3.05. The standard InChI is InChI=1S/C12H15NO3/c14-6-5-13-12(15)10-3-1-9(2-4-10)7-11-8-16-11/h1-4,11,14H,5-8H2,(H,13,15). The van der Waals surface area contributed by atoms with Gasteiger partial charge in [0.1, 0.15) is 0 Å². The number of hydrogen-bond acceptors (Lipinski definition) is 3. The lowest BCUT2D eigenvalue weighted by Crippen LogP contribution is -2.26. The molecule has 1 unspecified atom stereocenters. The Morgan fingerprint density at radius 2 is 2.12 bits per heavy atom. The molecule has 1 heterocycles. The molecule has 0 bridgehead atoms. The largest absolute Gasteiger partial charge is 0.395 e. The van der Waals surface area contributed by atoms with Crippen molar-refractivity contribution >= 4 is 5.91 Å². The predicted octanol–water partition coefficient (Wildman–Crippen LogP) is 0.350. The van der Waals surface area contributed by atoms with Crippen molar-refractivity contribution in [1.29, 1.82) is 0 Å². The molecular formula is C12H15NO3. The van der Waals surface area contributed by atoms with E-state index < -0.39 is 0 Å². The van der Waals surface area contributed by atoms with Crippen molar-refractivity contribution in [2.24, 2.45) is 0 Å². The highest BCUT2D eigenvalue weighted by atomic mass is 16.6. The first-order chi connectivity index (χ1) is 7.79. The topological polar surface area (TPSA) is 61.9 Å². The van der Waals surface area contributed by atoms with Gasteiger partial charge in [-0.25, -0.2) is 0 Å². The molecular weight excluding hydrogens is 206 g/mol. The van der Waals surface area contributed by atoms with Gasteiger partial charge >= 0.3 is 0 Å². The molecule has 2 N–H and O–H groups in total. The van der Waals surface area contributed by atoms with Crippen LogP contribution >= 0.6 is 0 Å². The Balaban J connectivity index is 1.92. The first-order valence-electron chi connectivity index (χ1n) is 5.39. The van der Waals surface area contributed by atoms with E-state index in [1.807, 2.05) is 12.1 Å². The molecule has 0 aliphatic carbocycles. The SMILES string of the molecule is O=C(NCCO)c1ccc(CC2CO2)cc1. The zero-order valence-corrected chi connectivity index (χ0v) is 8.98. The number of hydrogen-bond donors (Lipinski definition) is 2. The van der Waals surface area contributed by atoms with Gasteiger partial charge in [-0.2, -0.15) is 0 Å². The Kier molecular flexibility index (Phi) is 3.54. The Labute approximate surface area is 94.2 Å². The van der Waals surface area contributed by atoms with E-state index in [-0.39, 0.29) is 19.1 Å². The minimum atomic E-state index is -0.150. The summed E-state index contributed by atoms with van der Waals surface area (Å²) in [5, 5.41) is 11.2. The first-order valence-corrected chi connectivity index (χ1v) is 5.39. The van der Waals surface area contributed by atoms with Crippen molar-refractivity contribution in [3.05, 3.63) is 35.4 Å². The summed E-state index contributed by atoms with van der Waals surface area (Å²) in [6.45, 7) is 1.10. The van der Waals surface area contributed by atoms with Gasteiger partial charge in [-0.15, -0.1) is 0 Å². The molecule has 4 heteroatoms. The number of carbonyl (C=O) groups excluding carboxylic acids is 1. The molecule has 1 aliphatic rings. The van der Waals surface area contributed by atoms with E-state index in [0.29, 0.717) is 11.7 Å². The molecule has 0 saturated carbocycles. The summed E-state index contributed by atoms with van der Waals surface area (Å²) in [6, 6.07) is 7.47. The highest BCUT2D eigenvalue weighted by Crippen LogP contribution is 2.16. The van der Waals surface area contributed by atoms with Gasteiger partial charge < -0.3 is 15.2 Å². The van der Waals surface area contributed by atoms with Gasteiger partial charge in [0.05, 0.1) is 19.3 Å². The summed E-state index contributed by atoms with van der Waals surface area (Å²) in [4.78, 5) is 11.5. The van der Waals surface area contributed by atoms with Crippen LogP contribution < -0.4 is 5.32 Å². The first kappa shape index (κ1) is 11.1. The molecule has 0 spiro atoms. The van der Waals surface area contributed by atoms with Gasteiger partial charge in [0.15, 0.2) is 0 Å². The average Bonchev–Trinajstić information content (AvgIpc) is 3.11. The number of aliphatic hydroxyl groups is 1. The monoisotopic (exact) mass is 221 g/mol. The van der Waals surface area contributed by atoms with E-state index in [4.69, 9.17) is 9.84 Å². The van der Waals surface area contributed by atoms with Gasteiger partial charge in [0.2, 0.25) is 0 Å². The molecule has 4 nitrogen and oxygen atoms in total. The summed E-state index contributed by atoms with van der Waals surface area (Å²) < 4.78 is 5.14. The summed E-state index contributed by atoms with van der Waals surface area (Å²) in [5.74, 6) is -0.150. The van der Waals surface area contributed by atoms with Crippen molar-refractivity contribution in [3.8, 4) is 0 Å². The number of rotatable bonds is 5. The second-order valence-electron chi connectivity index (χ2n) is 3.84. The van der Waals surface area contributed by atoms with Crippen LogP contribution in [-0.2, 0) is 11.2 Å². The van der Waals surface area contributed by atoms with Crippen LogP contribution in [-0.4, -0.2) is 36.9 Å². The molecule has 16 heavy (non-hydrogen) atoms. The lowest BCUT2D eigenvalue weighted by Gasteiger charge is -2.04. The summed E-state index contributed by atoms with van der Waals surface area (Å²) >= 11 is 0. The predicted molar refractivity (Wildman–Crippen MR) is 59.3 cm³/mol. The van der Waals surface area contributed by atoms with Gasteiger partial charge in [-0.3, -0.25) is 4.79 Å². The zero-order chi connectivity index (χ0) is 11.4. The average molecular weight is 221 g/mol. The highest BCUT2D eigenvalue weighted by Gasteiger charge is 2.22. The Bertz CT molecular complexity index is 357. The van der Waals surface area contributed by atoms with Crippen molar-refractivity contribution in [2.45, 2.75) is 12.5 Å². The fraction of sp³-hybridized carbons (Fsp3) is 0.417. The molecule has 2 rings (SSSR count). The van der Waals surface area contributed by atoms with E-state index in [1.165, 1.54) is 5.56 Å². The van der Waals surface area contributed by atoms with Gasteiger partial charge in [-0.05, 0) is 17.7 Å². The second-order valence-corrected chi connectivity index (χ2v) is 3.84. The number of epoxide rings is 1. The number of aliphatic hydroxyl groups excluding tert-OH is 1. The number of amides is 1. The van der Waals surface area contributed by atoms with Crippen LogP contribution in [0, 0.1) is 0 Å².